The van der Waals surface area contributed by atoms with Crippen LogP contribution in [0.4, 0.5) is 0 Å². The predicted molar refractivity (Wildman–Crippen MR) is 88.1 cm³/mol. The lowest BCUT2D eigenvalue weighted by atomic mass is 9.97. The van der Waals surface area contributed by atoms with Crippen molar-refractivity contribution in [1.29, 1.82) is 0 Å². The second-order valence-electron chi connectivity index (χ2n) is 4.62. The van der Waals surface area contributed by atoms with Gasteiger partial charge in [-0.05, 0) is 29.7 Å². The lowest BCUT2D eigenvalue weighted by molar-refractivity contribution is 0.392. The molecular weight excluding hydrogens is 307 g/mol. The van der Waals surface area contributed by atoms with Crippen molar-refractivity contribution < 1.29 is 9.47 Å². The van der Waals surface area contributed by atoms with E-state index in [0.29, 0.717) is 16.5 Å². The lowest BCUT2D eigenvalue weighted by Gasteiger charge is -2.19. The zero-order chi connectivity index (χ0) is 15.4. The van der Waals surface area contributed by atoms with E-state index in [0.717, 1.165) is 17.5 Å². The summed E-state index contributed by atoms with van der Waals surface area (Å²) >= 11 is 13.0. The summed E-state index contributed by atoms with van der Waals surface area (Å²) in [6.45, 7) is 2.11. The molecular formula is C17H18Cl2O2. The Kier molecular flexibility index (Phi) is 5.38. The third-order valence-corrected chi connectivity index (χ3v) is 4.33. The number of halogens is 2. The number of alkyl halides is 1. The highest BCUT2D eigenvalue weighted by Crippen LogP contribution is 2.43. The monoisotopic (exact) mass is 324 g/mol. The number of hydrogen-bond donors (Lipinski definition) is 0. The fourth-order valence-electron chi connectivity index (χ4n) is 2.39. The molecule has 2 aromatic rings. The van der Waals surface area contributed by atoms with Gasteiger partial charge in [-0.3, -0.25) is 0 Å². The SMILES string of the molecule is CCc1ccccc1C(Cl)c1ccc(OC)c(Cl)c1OC. The number of methoxy groups -OCH3 is 2. The second kappa shape index (κ2) is 7.06. The van der Waals surface area contributed by atoms with Crippen LogP contribution in [0.5, 0.6) is 11.5 Å². The predicted octanol–water partition coefficient (Wildman–Crippen LogP) is 5.25. The maximum atomic E-state index is 6.69. The molecule has 0 spiro atoms. The Bertz CT molecular complexity index is 626. The molecule has 2 nitrogen and oxygen atoms in total. The highest BCUT2D eigenvalue weighted by molar-refractivity contribution is 6.34. The van der Waals surface area contributed by atoms with Gasteiger partial charge in [0.05, 0.1) is 19.6 Å². The van der Waals surface area contributed by atoms with E-state index in [4.69, 9.17) is 32.7 Å². The Labute approximate surface area is 135 Å². The molecule has 0 N–H and O–H groups in total. The third kappa shape index (κ3) is 3.12. The molecule has 112 valence electrons. The van der Waals surface area contributed by atoms with Gasteiger partial charge in [-0.1, -0.05) is 42.8 Å². The molecule has 0 saturated carbocycles. The van der Waals surface area contributed by atoms with E-state index >= 15 is 0 Å². The number of aryl methyl sites for hydroxylation is 1. The van der Waals surface area contributed by atoms with Crippen molar-refractivity contribution in [1.82, 2.24) is 0 Å². The van der Waals surface area contributed by atoms with Crippen molar-refractivity contribution >= 4 is 23.2 Å². The van der Waals surface area contributed by atoms with Crippen molar-refractivity contribution in [3.05, 3.63) is 58.1 Å². The first kappa shape index (κ1) is 16.0. The highest BCUT2D eigenvalue weighted by Gasteiger charge is 2.21. The molecule has 2 rings (SSSR count). The van der Waals surface area contributed by atoms with E-state index in [9.17, 15) is 0 Å². The number of hydrogen-bond acceptors (Lipinski definition) is 2. The van der Waals surface area contributed by atoms with Crippen LogP contribution in [0.15, 0.2) is 36.4 Å². The Morgan fingerprint density at radius 3 is 2.33 bits per heavy atom. The van der Waals surface area contributed by atoms with Crippen molar-refractivity contribution in [2.45, 2.75) is 18.7 Å². The largest absolute Gasteiger partial charge is 0.495 e. The van der Waals surface area contributed by atoms with Crippen molar-refractivity contribution in [3.63, 3.8) is 0 Å². The van der Waals surface area contributed by atoms with E-state index in [1.54, 1.807) is 14.2 Å². The molecule has 0 fully saturated rings. The average Bonchev–Trinajstić information content (AvgIpc) is 2.53. The Hall–Kier alpha value is -1.38. The molecule has 1 unspecified atom stereocenters. The van der Waals surface area contributed by atoms with Gasteiger partial charge in [0.1, 0.15) is 16.5 Å². The lowest BCUT2D eigenvalue weighted by Crippen LogP contribution is -2.02. The van der Waals surface area contributed by atoms with Crippen LogP contribution in [0.2, 0.25) is 5.02 Å². The molecule has 0 heterocycles. The Morgan fingerprint density at radius 1 is 1.00 bits per heavy atom. The van der Waals surface area contributed by atoms with Crippen molar-refractivity contribution in [2.24, 2.45) is 0 Å². The third-order valence-electron chi connectivity index (χ3n) is 3.50. The molecule has 1 atom stereocenters. The molecule has 0 radical (unpaired) electrons. The number of benzene rings is 2. The minimum Gasteiger partial charge on any atom is -0.495 e. The quantitative estimate of drug-likeness (QED) is 0.699. The topological polar surface area (TPSA) is 18.5 Å². The zero-order valence-electron chi connectivity index (χ0n) is 12.3. The van der Waals surface area contributed by atoms with Gasteiger partial charge >= 0.3 is 0 Å². The standard InChI is InChI=1S/C17H18Cl2O2/c1-4-11-7-5-6-8-12(11)15(18)13-9-10-14(20-2)16(19)17(13)21-3/h5-10,15H,4H2,1-3H3. The van der Waals surface area contributed by atoms with Crippen molar-refractivity contribution in [2.75, 3.05) is 14.2 Å². The van der Waals surface area contributed by atoms with Gasteiger partial charge in [-0.25, -0.2) is 0 Å². The summed E-state index contributed by atoms with van der Waals surface area (Å²) in [6, 6.07) is 11.8. The van der Waals surface area contributed by atoms with E-state index in [-0.39, 0.29) is 5.38 Å². The molecule has 21 heavy (non-hydrogen) atoms. The minimum atomic E-state index is -0.320. The van der Waals surface area contributed by atoms with Gasteiger partial charge in [0.15, 0.2) is 0 Å². The molecule has 0 aromatic heterocycles. The second-order valence-corrected chi connectivity index (χ2v) is 5.43. The summed E-state index contributed by atoms with van der Waals surface area (Å²) in [6.07, 6.45) is 0.922. The molecule has 0 aliphatic carbocycles. The molecule has 4 heteroatoms. The van der Waals surface area contributed by atoms with Crippen LogP contribution in [-0.4, -0.2) is 14.2 Å². The van der Waals surface area contributed by atoms with Crippen LogP contribution >= 0.6 is 23.2 Å². The molecule has 0 aliphatic rings. The summed E-state index contributed by atoms with van der Waals surface area (Å²) in [4.78, 5) is 0. The van der Waals surface area contributed by atoms with Crippen LogP contribution in [0.3, 0.4) is 0 Å². The van der Waals surface area contributed by atoms with Gasteiger partial charge < -0.3 is 9.47 Å². The first-order chi connectivity index (χ1) is 10.1. The summed E-state index contributed by atoms with van der Waals surface area (Å²) in [5.41, 5.74) is 3.12. The van der Waals surface area contributed by atoms with Gasteiger partial charge in [-0.15, -0.1) is 11.6 Å². The fourth-order valence-corrected chi connectivity index (χ4v) is 3.10. The number of ether oxygens (including phenoxy) is 2. The molecule has 0 bridgehead atoms. The number of rotatable bonds is 5. The summed E-state index contributed by atoms with van der Waals surface area (Å²) in [7, 11) is 3.16. The maximum Gasteiger partial charge on any atom is 0.146 e. The maximum absolute atomic E-state index is 6.69. The normalized spacial score (nSPS) is 12.0. The summed E-state index contributed by atoms with van der Waals surface area (Å²) < 4.78 is 10.7. The van der Waals surface area contributed by atoms with Crippen LogP contribution in [0, 0.1) is 0 Å². The summed E-state index contributed by atoms with van der Waals surface area (Å²) in [5.74, 6) is 1.13. The Morgan fingerprint density at radius 2 is 1.71 bits per heavy atom. The fraction of sp³-hybridized carbons (Fsp3) is 0.294. The minimum absolute atomic E-state index is 0.320. The van der Waals surface area contributed by atoms with Crippen LogP contribution in [0.25, 0.3) is 0 Å². The Balaban J connectivity index is 2.53. The van der Waals surface area contributed by atoms with E-state index < -0.39 is 0 Å². The molecule has 0 saturated heterocycles. The van der Waals surface area contributed by atoms with Crippen molar-refractivity contribution in [3.8, 4) is 11.5 Å². The van der Waals surface area contributed by atoms with Gasteiger partial charge in [0.25, 0.3) is 0 Å². The van der Waals surface area contributed by atoms with E-state index in [1.807, 2.05) is 30.3 Å². The van der Waals surface area contributed by atoms with Gasteiger partial charge in [0, 0.05) is 5.56 Å². The average molecular weight is 325 g/mol. The van der Waals surface area contributed by atoms with E-state index in [2.05, 4.69) is 13.0 Å². The zero-order valence-corrected chi connectivity index (χ0v) is 13.8. The van der Waals surface area contributed by atoms with Gasteiger partial charge in [-0.2, -0.15) is 0 Å². The van der Waals surface area contributed by atoms with E-state index in [1.165, 1.54) is 5.56 Å². The molecule has 2 aromatic carbocycles. The highest BCUT2D eigenvalue weighted by atomic mass is 35.5. The molecule has 0 amide bonds. The summed E-state index contributed by atoms with van der Waals surface area (Å²) in [5, 5.41) is 0.122. The smallest absolute Gasteiger partial charge is 0.146 e. The first-order valence-electron chi connectivity index (χ1n) is 6.76. The van der Waals surface area contributed by atoms with Gasteiger partial charge in [0.2, 0.25) is 0 Å². The van der Waals surface area contributed by atoms with Crippen LogP contribution in [0.1, 0.15) is 29.0 Å². The van der Waals surface area contributed by atoms with Crippen LogP contribution in [-0.2, 0) is 6.42 Å². The first-order valence-corrected chi connectivity index (χ1v) is 7.57. The van der Waals surface area contributed by atoms with Crippen LogP contribution < -0.4 is 9.47 Å². The molecule has 0 aliphatic heterocycles.